The van der Waals surface area contributed by atoms with E-state index in [1.54, 1.807) is 30.7 Å². The van der Waals surface area contributed by atoms with Crippen LogP contribution in [0, 0.1) is 6.92 Å². The summed E-state index contributed by atoms with van der Waals surface area (Å²) in [5, 5.41) is 16.6. The molecule has 0 fully saturated rings. The van der Waals surface area contributed by atoms with Crippen LogP contribution in [0.1, 0.15) is 56.2 Å². The minimum absolute atomic E-state index is 0.0992. The van der Waals surface area contributed by atoms with Crippen LogP contribution in [0.15, 0.2) is 48.5 Å². The maximum atomic E-state index is 12.8. The van der Waals surface area contributed by atoms with E-state index in [0.29, 0.717) is 31.1 Å². The first-order valence-electron chi connectivity index (χ1n) is 13.5. The van der Waals surface area contributed by atoms with Gasteiger partial charge in [-0.25, -0.2) is 4.79 Å². The molecule has 9 nitrogen and oxygen atoms in total. The molecule has 1 unspecified atom stereocenters. The number of nitrogens with zero attached hydrogens (tertiary/aromatic N) is 3. The highest BCUT2D eigenvalue weighted by Gasteiger charge is 2.17. The molecular weight excluding hydrogens is 496 g/mol. The van der Waals surface area contributed by atoms with E-state index in [1.807, 2.05) is 71.1 Å². The molecule has 0 aliphatic rings. The highest BCUT2D eigenvalue weighted by atomic mass is 16.6. The molecule has 3 rings (SSSR count). The van der Waals surface area contributed by atoms with Crippen LogP contribution in [0.5, 0.6) is 5.75 Å². The van der Waals surface area contributed by atoms with Crippen LogP contribution in [0.2, 0.25) is 0 Å². The monoisotopic (exact) mass is 538 g/mol. The first kappa shape index (κ1) is 31.4. The first-order valence-corrected chi connectivity index (χ1v) is 13.5. The fraction of sp³-hybridized carbons (Fsp3) is 0.433. The maximum absolute atomic E-state index is 12.8. The molecule has 2 N–H and O–H groups in total. The number of likely N-dealkylation sites (N-methyl/N-ethyl adjacent to an activating group) is 1. The summed E-state index contributed by atoms with van der Waals surface area (Å²) in [4.78, 5) is 26.7. The Bertz CT molecular complexity index is 1210. The summed E-state index contributed by atoms with van der Waals surface area (Å²) in [6.45, 7) is 13.4. The van der Waals surface area contributed by atoms with Crippen LogP contribution < -0.4 is 15.0 Å². The minimum atomic E-state index is -0.704. The van der Waals surface area contributed by atoms with Gasteiger partial charge in [0.25, 0.3) is 5.91 Å². The molecule has 0 aliphatic carbocycles. The quantitative estimate of drug-likeness (QED) is 0.327. The zero-order valence-corrected chi connectivity index (χ0v) is 24.2. The number of nitrogens with one attached hydrogen (secondary N) is 1. The topological polar surface area (TPSA) is 106 Å². The van der Waals surface area contributed by atoms with Crippen molar-refractivity contribution in [2.24, 2.45) is 7.05 Å². The van der Waals surface area contributed by atoms with Gasteiger partial charge in [0, 0.05) is 32.4 Å². The molecule has 0 bridgehead atoms. The summed E-state index contributed by atoms with van der Waals surface area (Å²) < 4.78 is 12.4. The highest BCUT2D eigenvalue weighted by molar-refractivity contribution is 5.93. The van der Waals surface area contributed by atoms with Crippen LogP contribution in [-0.2, 0) is 23.1 Å². The summed E-state index contributed by atoms with van der Waals surface area (Å²) in [5.74, 6) is -0.0875. The lowest BCUT2D eigenvalue weighted by Gasteiger charge is -2.22. The average Bonchev–Trinajstić information content (AvgIpc) is 3.34. The molecule has 0 spiro atoms. The summed E-state index contributed by atoms with van der Waals surface area (Å²) in [6, 6.07) is 15.3. The lowest BCUT2D eigenvalue weighted by atomic mass is 10.1. The number of carbonyl (C=O) groups excluding carboxylic acids is 2. The lowest BCUT2D eigenvalue weighted by molar-refractivity contribution is -0.150. The first-order chi connectivity index (χ1) is 18.8. The van der Waals surface area contributed by atoms with Crippen molar-refractivity contribution in [3.05, 3.63) is 65.4 Å². The van der Waals surface area contributed by atoms with Crippen molar-refractivity contribution in [2.45, 2.75) is 54.2 Å². The normalized spacial score (nSPS) is 11.2. The lowest BCUT2D eigenvalue weighted by Crippen LogP contribution is -2.26. The fourth-order valence-corrected chi connectivity index (χ4v) is 4.01. The van der Waals surface area contributed by atoms with Crippen molar-refractivity contribution in [3.8, 4) is 17.0 Å². The van der Waals surface area contributed by atoms with Gasteiger partial charge in [-0.1, -0.05) is 38.1 Å². The number of benzene rings is 2. The molecule has 9 heteroatoms. The van der Waals surface area contributed by atoms with E-state index in [9.17, 15) is 14.7 Å². The number of amides is 1. The van der Waals surface area contributed by atoms with Gasteiger partial charge in [-0.05, 0) is 68.7 Å². The molecule has 0 radical (unpaired) electrons. The molecule has 0 saturated heterocycles. The van der Waals surface area contributed by atoms with Gasteiger partial charge in [0.1, 0.15) is 5.75 Å². The van der Waals surface area contributed by atoms with E-state index in [2.05, 4.69) is 15.3 Å². The van der Waals surface area contributed by atoms with Crippen LogP contribution >= 0.6 is 0 Å². The Morgan fingerprint density at radius 3 is 2.38 bits per heavy atom. The van der Waals surface area contributed by atoms with Crippen LogP contribution in [-0.4, -0.2) is 59.2 Å². The number of aliphatic hydroxyl groups excluding tert-OH is 1. The molecule has 1 aromatic heterocycles. The third kappa shape index (κ3) is 8.58. The second-order valence-corrected chi connectivity index (χ2v) is 8.68. The van der Waals surface area contributed by atoms with Crippen molar-refractivity contribution >= 4 is 17.6 Å². The van der Waals surface area contributed by atoms with Crippen LogP contribution in [0.4, 0.5) is 5.69 Å². The van der Waals surface area contributed by atoms with E-state index in [4.69, 9.17) is 9.47 Å². The number of aryl methyl sites for hydroxylation is 2. The Kier molecular flexibility index (Phi) is 12.5. The van der Waals surface area contributed by atoms with Crippen molar-refractivity contribution < 1.29 is 24.2 Å². The van der Waals surface area contributed by atoms with E-state index in [0.717, 1.165) is 34.6 Å². The molecule has 2 aromatic carbocycles. The standard InChI is InChI=1S/C28H36N4O5.C2H6/c1-6-32(14-15-33)23-11-9-22(10-12-23)25-17-24(30-31(25)5)27(34)29-18-21-8-13-26(19(3)16-21)37-20(4)28(35)36-7-2;1-2/h8-13,16-17,20,33H,6-7,14-15,18H2,1-5H3,(H,29,34);1-2H3. The van der Waals surface area contributed by atoms with Crippen molar-refractivity contribution in [1.29, 1.82) is 0 Å². The number of aliphatic hydroxyl groups is 1. The largest absolute Gasteiger partial charge is 0.479 e. The summed E-state index contributed by atoms with van der Waals surface area (Å²) in [5.41, 5.74) is 4.89. The Labute approximate surface area is 231 Å². The predicted molar refractivity (Wildman–Crippen MR) is 154 cm³/mol. The number of anilines is 1. The molecule has 0 aliphatic heterocycles. The summed E-state index contributed by atoms with van der Waals surface area (Å²) in [6.07, 6.45) is -0.704. The number of carbonyl (C=O) groups is 2. The molecule has 1 heterocycles. The number of ether oxygens (including phenoxy) is 2. The smallest absolute Gasteiger partial charge is 0.347 e. The van der Waals surface area contributed by atoms with Gasteiger partial charge in [-0.3, -0.25) is 9.48 Å². The zero-order chi connectivity index (χ0) is 28.9. The second-order valence-electron chi connectivity index (χ2n) is 8.68. The van der Waals surface area contributed by atoms with E-state index >= 15 is 0 Å². The third-order valence-electron chi connectivity index (χ3n) is 6.01. The number of hydrogen-bond acceptors (Lipinski definition) is 7. The van der Waals surface area contributed by atoms with E-state index in [1.165, 1.54) is 0 Å². The number of esters is 1. The van der Waals surface area contributed by atoms with Gasteiger partial charge in [0.2, 0.25) is 0 Å². The zero-order valence-electron chi connectivity index (χ0n) is 24.2. The molecular formula is C30H42N4O5. The second kappa shape index (κ2) is 15.5. The van der Waals surface area contributed by atoms with Gasteiger partial charge in [-0.15, -0.1) is 0 Å². The number of aromatic nitrogens is 2. The number of rotatable bonds is 12. The van der Waals surface area contributed by atoms with Crippen molar-refractivity contribution in [2.75, 3.05) is 31.2 Å². The SMILES string of the molecule is CC.CCOC(=O)C(C)Oc1ccc(CNC(=O)c2cc(-c3ccc(N(CC)CCO)cc3)n(C)n2)cc1C. The van der Waals surface area contributed by atoms with Gasteiger partial charge in [0.15, 0.2) is 11.8 Å². The molecule has 0 saturated carbocycles. The molecule has 1 amide bonds. The van der Waals surface area contributed by atoms with Gasteiger partial charge in [0.05, 0.1) is 18.9 Å². The molecule has 3 aromatic rings. The van der Waals surface area contributed by atoms with Crippen LogP contribution in [0.25, 0.3) is 11.3 Å². The Morgan fingerprint density at radius 1 is 1.10 bits per heavy atom. The molecule has 212 valence electrons. The van der Waals surface area contributed by atoms with E-state index < -0.39 is 12.1 Å². The Hall–Kier alpha value is -3.85. The van der Waals surface area contributed by atoms with Gasteiger partial charge in [-0.2, -0.15) is 5.10 Å². The number of hydrogen-bond donors (Lipinski definition) is 2. The predicted octanol–water partition coefficient (Wildman–Crippen LogP) is 4.50. The molecule has 39 heavy (non-hydrogen) atoms. The molecule has 1 atom stereocenters. The van der Waals surface area contributed by atoms with Crippen molar-refractivity contribution in [1.82, 2.24) is 15.1 Å². The Morgan fingerprint density at radius 2 is 1.79 bits per heavy atom. The fourth-order valence-electron chi connectivity index (χ4n) is 4.01. The van der Waals surface area contributed by atoms with Gasteiger partial charge < -0.3 is 24.8 Å². The highest BCUT2D eigenvalue weighted by Crippen LogP contribution is 2.24. The van der Waals surface area contributed by atoms with E-state index in [-0.39, 0.29) is 12.5 Å². The third-order valence-corrected chi connectivity index (χ3v) is 6.01. The van der Waals surface area contributed by atoms with Gasteiger partial charge >= 0.3 is 5.97 Å². The minimum Gasteiger partial charge on any atom is -0.479 e. The summed E-state index contributed by atoms with van der Waals surface area (Å²) >= 11 is 0. The maximum Gasteiger partial charge on any atom is 0.347 e. The van der Waals surface area contributed by atoms with Crippen LogP contribution in [0.3, 0.4) is 0 Å². The van der Waals surface area contributed by atoms with Crippen molar-refractivity contribution in [3.63, 3.8) is 0 Å². The summed E-state index contributed by atoms with van der Waals surface area (Å²) in [7, 11) is 1.81. The average molecular weight is 539 g/mol. The Balaban J connectivity index is 0.00000260.